The van der Waals surface area contributed by atoms with Crippen molar-refractivity contribution in [3.8, 4) is 0 Å². The van der Waals surface area contributed by atoms with Crippen LogP contribution < -0.4 is 10.6 Å². The molecule has 0 aromatic heterocycles. The van der Waals surface area contributed by atoms with Crippen molar-refractivity contribution in [2.24, 2.45) is 5.92 Å². The summed E-state index contributed by atoms with van der Waals surface area (Å²) in [6.07, 6.45) is 5.56. The number of amides is 1. The zero-order valence-electron chi connectivity index (χ0n) is 15.5. The molecule has 0 bridgehead atoms. The van der Waals surface area contributed by atoms with Gasteiger partial charge in [0.05, 0.1) is 6.54 Å². The second kappa shape index (κ2) is 9.80. The van der Waals surface area contributed by atoms with E-state index in [0.717, 1.165) is 44.1 Å². The van der Waals surface area contributed by atoms with Gasteiger partial charge >= 0.3 is 0 Å². The van der Waals surface area contributed by atoms with Gasteiger partial charge in [-0.1, -0.05) is 32.0 Å². The van der Waals surface area contributed by atoms with E-state index in [-0.39, 0.29) is 5.91 Å². The molecule has 1 amide bonds. The second-order valence-electron chi connectivity index (χ2n) is 6.82. The van der Waals surface area contributed by atoms with Crippen molar-refractivity contribution < 1.29 is 4.79 Å². The first-order valence-corrected chi connectivity index (χ1v) is 9.45. The Morgan fingerprint density at radius 2 is 1.79 bits per heavy atom. The van der Waals surface area contributed by atoms with Crippen LogP contribution >= 0.6 is 0 Å². The minimum Gasteiger partial charge on any atom is -0.324 e. The fraction of sp³-hybridized carbons (Fsp3) is 0.650. The van der Waals surface area contributed by atoms with Gasteiger partial charge in [0.1, 0.15) is 0 Å². The van der Waals surface area contributed by atoms with Crippen molar-refractivity contribution in [2.75, 3.05) is 38.5 Å². The predicted octanol–water partition coefficient (Wildman–Crippen LogP) is 3.07. The quantitative estimate of drug-likeness (QED) is 0.769. The Morgan fingerprint density at radius 3 is 2.33 bits per heavy atom. The van der Waals surface area contributed by atoms with Crippen LogP contribution in [0.5, 0.6) is 0 Å². The summed E-state index contributed by atoms with van der Waals surface area (Å²) in [6, 6.07) is 6.31. The highest BCUT2D eigenvalue weighted by Crippen LogP contribution is 2.23. The lowest BCUT2D eigenvalue weighted by Crippen LogP contribution is -2.39. The zero-order valence-corrected chi connectivity index (χ0v) is 15.5. The molecule has 1 heterocycles. The van der Waals surface area contributed by atoms with Gasteiger partial charge in [0.2, 0.25) is 5.91 Å². The molecule has 1 fully saturated rings. The number of anilines is 1. The fourth-order valence-corrected chi connectivity index (χ4v) is 3.57. The molecule has 1 aromatic rings. The van der Waals surface area contributed by atoms with Crippen LogP contribution in [0.3, 0.4) is 0 Å². The van der Waals surface area contributed by atoms with Gasteiger partial charge < -0.3 is 10.6 Å². The zero-order chi connectivity index (χ0) is 17.4. The summed E-state index contributed by atoms with van der Waals surface area (Å²) in [7, 11) is 2.01. The summed E-state index contributed by atoms with van der Waals surface area (Å²) >= 11 is 0. The van der Waals surface area contributed by atoms with Crippen LogP contribution in [0, 0.1) is 5.92 Å². The third kappa shape index (κ3) is 5.32. The molecule has 0 radical (unpaired) electrons. The Bertz CT molecular complexity index is 499. The summed E-state index contributed by atoms with van der Waals surface area (Å²) in [5.74, 6) is 0.934. The van der Waals surface area contributed by atoms with E-state index in [1.807, 2.05) is 7.05 Å². The van der Waals surface area contributed by atoms with Crippen molar-refractivity contribution >= 4 is 11.6 Å². The van der Waals surface area contributed by atoms with Gasteiger partial charge in [-0.25, -0.2) is 0 Å². The van der Waals surface area contributed by atoms with Gasteiger partial charge in [-0.2, -0.15) is 0 Å². The SMILES string of the molecule is CCc1cccc(CC)c1NC(=O)CN1CCC(CCNC)CC1. The topological polar surface area (TPSA) is 44.4 Å². The van der Waals surface area contributed by atoms with E-state index >= 15 is 0 Å². The number of nitrogens with zero attached hydrogens (tertiary/aromatic N) is 1. The van der Waals surface area contributed by atoms with Crippen LogP contribution in [-0.2, 0) is 17.6 Å². The number of piperidine rings is 1. The number of aryl methyl sites for hydroxylation is 2. The summed E-state index contributed by atoms with van der Waals surface area (Å²) in [4.78, 5) is 14.8. The number of nitrogens with one attached hydrogen (secondary N) is 2. The predicted molar refractivity (Wildman–Crippen MR) is 102 cm³/mol. The average molecular weight is 332 g/mol. The van der Waals surface area contributed by atoms with Gasteiger partial charge in [0.15, 0.2) is 0 Å². The lowest BCUT2D eigenvalue weighted by Gasteiger charge is -2.31. The van der Waals surface area contributed by atoms with Crippen molar-refractivity contribution in [3.05, 3.63) is 29.3 Å². The highest BCUT2D eigenvalue weighted by atomic mass is 16.2. The van der Waals surface area contributed by atoms with E-state index in [1.165, 1.54) is 30.4 Å². The molecule has 2 rings (SSSR count). The van der Waals surface area contributed by atoms with E-state index in [1.54, 1.807) is 0 Å². The van der Waals surface area contributed by atoms with Gasteiger partial charge in [0, 0.05) is 5.69 Å². The van der Waals surface area contributed by atoms with Crippen LogP contribution in [0.15, 0.2) is 18.2 Å². The number of benzene rings is 1. The normalized spacial score (nSPS) is 16.3. The first-order valence-electron chi connectivity index (χ1n) is 9.45. The molecule has 0 aliphatic carbocycles. The molecule has 2 N–H and O–H groups in total. The lowest BCUT2D eigenvalue weighted by atomic mass is 9.93. The molecule has 0 saturated carbocycles. The number of rotatable bonds is 8. The van der Waals surface area contributed by atoms with E-state index in [0.29, 0.717) is 6.54 Å². The van der Waals surface area contributed by atoms with E-state index in [4.69, 9.17) is 0 Å². The summed E-state index contributed by atoms with van der Waals surface area (Å²) in [6.45, 7) is 7.97. The van der Waals surface area contributed by atoms with Crippen LogP contribution in [-0.4, -0.2) is 44.0 Å². The molecule has 1 aromatic carbocycles. The van der Waals surface area contributed by atoms with Crippen LogP contribution in [0.1, 0.15) is 44.2 Å². The number of carbonyl (C=O) groups excluding carboxylic acids is 1. The first-order chi connectivity index (χ1) is 11.7. The largest absolute Gasteiger partial charge is 0.324 e. The van der Waals surface area contributed by atoms with E-state index in [2.05, 4.69) is 47.6 Å². The smallest absolute Gasteiger partial charge is 0.238 e. The number of para-hydroxylation sites is 1. The molecule has 24 heavy (non-hydrogen) atoms. The van der Waals surface area contributed by atoms with Crippen LogP contribution in [0.2, 0.25) is 0 Å². The molecular formula is C20H33N3O. The number of hydrogen-bond donors (Lipinski definition) is 2. The molecule has 0 atom stereocenters. The van der Waals surface area contributed by atoms with Gasteiger partial charge in [-0.15, -0.1) is 0 Å². The molecule has 4 nitrogen and oxygen atoms in total. The highest BCUT2D eigenvalue weighted by Gasteiger charge is 2.21. The molecule has 1 saturated heterocycles. The third-order valence-corrected chi connectivity index (χ3v) is 5.14. The minimum absolute atomic E-state index is 0.124. The Morgan fingerprint density at radius 1 is 1.17 bits per heavy atom. The molecule has 1 aliphatic rings. The van der Waals surface area contributed by atoms with Gasteiger partial charge in [-0.3, -0.25) is 9.69 Å². The third-order valence-electron chi connectivity index (χ3n) is 5.14. The maximum atomic E-state index is 12.5. The Hall–Kier alpha value is -1.39. The molecule has 0 unspecified atom stereocenters. The van der Waals surface area contributed by atoms with Crippen LogP contribution in [0.4, 0.5) is 5.69 Å². The fourth-order valence-electron chi connectivity index (χ4n) is 3.57. The molecule has 134 valence electrons. The van der Waals surface area contributed by atoms with Crippen molar-refractivity contribution in [1.29, 1.82) is 0 Å². The average Bonchev–Trinajstić information content (AvgIpc) is 2.61. The van der Waals surface area contributed by atoms with Gasteiger partial charge in [-0.05, 0) is 75.8 Å². The van der Waals surface area contributed by atoms with Gasteiger partial charge in [0.25, 0.3) is 0 Å². The van der Waals surface area contributed by atoms with Crippen molar-refractivity contribution in [2.45, 2.75) is 46.0 Å². The van der Waals surface area contributed by atoms with Crippen molar-refractivity contribution in [3.63, 3.8) is 0 Å². The lowest BCUT2D eigenvalue weighted by molar-refractivity contribution is -0.117. The Kier molecular flexibility index (Phi) is 7.73. The minimum atomic E-state index is 0.124. The monoisotopic (exact) mass is 331 g/mol. The summed E-state index contributed by atoms with van der Waals surface area (Å²) in [5.41, 5.74) is 3.50. The number of hydrogen-bond acceptors (Lipinski definition) is 3. The summed E-state index contributed by atoms with van der Waals surface area (Å²) in [5, 5.41) is 6.41. The molecule has 0 spiro atoms. The maximum Gasteiger partial charge on any atom is 0.238 e. The van der Waals surface area contributed by atoms with Crippen molar-refractivity contribution in [1.82, 2.24) is 10.2 Å². The molecule has 4 heteroatoms. The highest BCUT2D eigenvalue weighted by molar-refractivity contribution is 5.93. The molecular weight excluding hydrogens is 298 g/mol. The van der Waals surface area contributed by atoms with E-state index < -0.39 is 0 Å². The standard InChI is InChI=1S/C20H33N3O/c1-4-17-7-6-8-18(5-2)20(17)22-19(24)15-23-13-10-16(11-14-23)9-12-21-3/h6-8,16,21H,4-5,9-15H2,1-3H3,(H,22,24). The second-order valence-corrected chi connectivity index (χ2v) is 6.82. The van der Waals surface area contributed by atoms with E-state index in [9.17, 15) is 4.79 Å². The Balaban J connectivity index is 1.86. The maximum absolute atomic E-state index is 12.5. The number of likely N-dealkylation sites (tertiary alicyclic amines) is 1. The van der Waals surface area contributed by atoms with Crippen LogP contribution in [0.25, 0.3) is 0 Å². The summed E-state index contributed by atoms with van der Waals surface area (Å²) < 4.78 is 0. The first kappa shape index (κ1) is 18.9. The number of carbonyl (C=O) groups is 1. The Labute approximate surface area is 147 Å². The molecule has 1 aliphatic heterocycles.